The number of hydrogen-bond acceptors (Lipinski definition) is 7. The maximum Gasteiger partial charge on any atom is 0.338 e. The summed E-state index contributed by atoms with van der Waals surface area (Å²) in [6, 6.07) is 13.8. The predicted octanol–water partition coefficient (Wildman–Crippen LogP) is 2.93. The number of carbonyl (C=O) groups excluding carboxylic acids is 2. The molecule has 2 aliphatic rings. The third-order valence-electron chi connectivity index (χ3n) is 6.53. The van der Waals surface area contributed by atoms with Crippen LogP contribution in [0.3, 0.4) is 0 Å². The quantitative estimate of drug-likeness (QED) is 0.486. The van der Waals surface area contributed by atoms with Gasteiger partial charge in [-0.05, 0) is 51.5 Å². The van der Waals surface area contributed by atoms with Crippen LogP contribution in [0.5, 0.6) is 5.75 Å². The number of carbonyl (C=O) groups is 2. The third kappa shape index (κ3) is 3.90. The van der Waals surface area contributed by atoms with Gasteiger partial charge in [-0.1, -0.05) is 41.7 Å². The molecule has 37 heavy (non-hydrogen) atoms. The Bertz CT molecular complexity index is 1630. The number of benzene rings is 2. The summed E-state index contributed by atoms with van der Waals surface area (Å²) in [5.41, 5.74) is 2.95. The molecular weight excluding hydrogens is 490 g/mol. The fourth-order valence-electron chi connectivity index (χ4n) is 4.92. The highest BCUT2D eigenvalue weighted by Gasteiger charge is 2.38. The Kier molecular flexibility index (Phi) is 6.33. The fourth-order valence-corrected chi connectivity index (χ4v) is 6.05. The molecule has 1 amide bonds. The summed E-state index contributed by atoms with van der Waals surface area (Å²) in [7, 11) is 1.57. The highest BCUT2D eigenvalue weighted by Crippen LogP contribution is 2.37. The van der Waals surface area contributed by atoms with Gasteiger partial charge in [-0.25, -0.2) is 9.79 Å². The van der Waals surface area contributed by atoms with Crippen LogP contribution in [0.2, 0.25) is 0 Å². The lowest BCUT2D eigenvalue weighted by Gasteiger charge is -2.24. The molecule has 2 aromatic carbocycles. The van der Waals surface area contributed by atoms with E-state index in [1.807, 2.05) is 50.2 Å². The molecule has 0 saturated carbocycles. The number of thiazole rings is 1. The number of aromatic nitrogens is 1. The van der Waals surface area contributed by atoms with Gasteiger partial charge in [-0.2, -0.15) is 0 Å². The van der Waals surface area contributed by atoms with Crippen LogP contribution in [0.4, 0.5) is 5.69 Å². The van der Waals surface area contributed by atoms with E-state index in [0.29, 0.717) is 37.5 Å². The number of rotatable bonds is 5. The molecule has 3 aromatic rings. The van der Waals surface area contributed by atoms with Gasteiger partial charge in [0.15, 0.2) is 4.80 Å². The maximum absolute atomic E-state index is 14.1. The minimum atomic E-state index is -0.761. The van der Waals surface area contributed by atoms with Gasteiger partial charge in [0, 0.05) is 11.6 Å². The van der Waals surface area contributed by atoms with Crippen molar-refractivity contribution >= 4 is 34.5 Å². The number of fused-ring (bicyclic) bond motifs is 2. The zero-order valence-electron chi connectivity index (χ0n) is 21.3. The van der Waals surface area contributed by atoms with Crippen molar-refractivity contribution < 1.29 is 19.1 Å². The van der Waals surface area contributed by atoms with Crippen LogP contribution in [0.25, 0.3) is 5.57 Å². The van der Waals surface area contributed by atoms with E-state index in [1.54, 1.807) is 38.0 Å². The summed E-state index contributed by atoms with van der Waals surface area (Å²) < 4.78 is 12.5. The molecule has 1 aromatic heterocycles. The summed E-state index contributed by atoms with van der Waals surface area (Å²) in [6.07, 6.45) is 0. The van der Waals surface area contributed by atoms with Crippen LogP contribution >= 0.6 is 11.3 Å². The highest BCUT2D eigenvalue weighted by molar-refractivity contribution is 7.07. The SMILES string of the molecule is CCOC(=O)C1=C(C)N=c2s/c(=C3/C(=O)N(C(C)C)c4ccccc43)c(=O)n2[C@@H]1c1ccc(OC)cc1. The molecule has 0 saturated heterocycles. The summed E-state index contributed by atoms with van der Waals surface area (Å²) in [5.74, 6) is -0.0988. The van der Waals surface area contributed by atoms with Gasteiger partial charge in [-0.3, -0.25) is 14.2 Å². The van der Waals surface area contributed by atoms with E-state index in [9.17, 15) is 14.4 Å². The van der Waals surface area contributed by atoms with Crippen molar-refractivity contribution in [2.75, 3.05) is 18.6 Å². The standard InChI is InChI=1S/C28H27N3O5S/c1-6-36-27(34)21-16(4)29-28-31(23(21)17-11-13-18(35-5)14-12-17)26(33)24(37-28)22-19-9-7-8-10-20(19)30(15(2)3)25(22)32/h7-15,23H,6H2,1-5H3/b24-22+/t23-/m1/s1. The van der Waals surface area contributed by atoms with Crippen molar-refractivity contribution in [1.29, 1.82) is 0 Å². The zero-order chi connectivity index (χ0) is 26.4. The minimum absolute atomic E-state index is 0.0837. The van der Waals surface area contributed by atoms with Gasteiger partial charge in [0.1, 0.15) is 10.3 Å². The van der Waals surface area contributed by atoms with Crippen molar-refractivity contribution in [1.82, 2.24) is 4.57 Å². The lowest BCUT2D eigenvalue weighted by molar-refractivity contribution is -0.139. The number of esters is 1. The third-order valence-corrected chi connectivity index (χ3v) is 7.59. The van der Waals surface area contributed by atoms with Gasteiger partial charge < -0.3 is 14.4 Å². The molecule has 0 aliphatic carbocycles. The number of anilines is 1. The molecule has 0 fully saturated rings. The molecule has 8 nitrogen and oxygen atoms in total. The van der Waals surface area contributed by atoms with Crippen molar-refractivity contribution in [3.8, 4) is 5.75 Å². The van der Waals surface area contributed by atoms with Gasteiger partial charge >= 0.3 is 5.97 Å². The zero-order valence-corrected chi connectivity index (χ0v) is 22.1. The summed E-state index contributed by atoms with van der Waals surface area (Å²) >= 11 is 1.17. The molecule has 190 valence electrons. The van der Waals surface area contributed by atoms with Crippen molar-refractivity contribution in [2.24, 2.45) is 4.99 Å². The van der Waals surface area contributed by atoms with E-state index in [2.05, 4.69) is 4.99 Å². The van der Waals surface area contributed by atoms with Crippen LogP contribution in [0, 0.1) is 0 Å². The van der Waals surface area contributed by atoms with E-state index in [1.165, 1.54) is 15.9 Å². The molecule has 9 heteroatoms. The Hall–Kier alpha value is -3.98. The van der Waals surface area contributed by atoms with Crippen LogP contribution in [0.1, 0.15) is 44.9 Å². The van der Waals surface area contributed by atoms with E-state index in [-0.39, 0.29) is 29.7 Å². The Balaban J connectivity index is 1.81. The molecule has 1 atom stereocenters. The number of allylic oxidation sites excluding steroid dienone is 1. The van der Waals surface area contributed by atoms with Crippen LogP contribution in [-0.2, 0) is 14.3 Å². The second-order valence-corrected chi connectivity index (χ2v) is 10.0. The average molecular weight is 518 g/mol. The molecule has 0 unspecified atom stereocenters. The summed E-state index contributed by atoms with van der Waals surface area (Å²) in [5, 5.41) is 0. The molecule has 0 N–H and O–H groups in total. The Morgan fingerprint density at radius 1 is 1.11 bits per heavy atom. The van der Waals surface area contributed by atoms with Crippen molar-refractivity contribution in [3.63, 3.8) is 0 Å². The Morgan fingerprint density at radius 2 is 1.81 bits per heavy atom. The largest absolute Gasteiger partial charge is 0.497 e. The molecule has 0 spiro atoms. The topological polar surface area (TPSA) is 90.2 Å². The first-order valence-corrected chi connectivity index (χ1v) is 12.9. The van der Waals surface area contributed by atoms with E-state index >= 15 is 0 Å². The van der Waals surface area contributed by atoms with Crippen LogP contribution < -0.4 is 24.5 Å². The lowest BCUT2D eigenvalue weighted by Crippen LogP contribution is -2.41. The first-order chi connectivity index (χ1) is 17.8. The predicted molar refractivity (Wildman–Crippen MR) is 141 cm³/mol. The molecular formula is C28H27N3O5S. The van der Waals surface area contributed by atoms with E-state index in [4.69, 9.17) is 9.47 Å². The second-order valence-electron chi connectivity index (χ2n) is 9.06. The fraction of sp³-hybridized carbons (Fsp3) is 0.286. The van der Waals surface area contributed by atoms with E-state index < -0.39 is 12.0 Å². The lowest BCUT2D eigenvalue weighted by atomic mass is 9.96. The number of para-hydroxylation sites is 1. The molecule has 3 heterocycles. The minimum Gasteiger partial charge on any atom is -0.497 e. The van der Waals surface area contributed by atoms with Gasteiger partial charge in [0.25, 0.3) is 11.5 Å². The Labute approximate surface area is 217 Å². The number of amides is 1. The van der Waals surface area contributed by atoms with Crippen LogP contribution in [-0.4, -0.2) is 36.2 Å². The number of methoxy groups -OCH3 is 1. The van der Waals surface area contributed by atoms with Gasteiger partial charge in [-0.15, -0.1) is 0 Å². The normalized spacial score (nSPS) is 18.1. The molecule has 2 aliphatic heterocycles. The maximum atomic E-state index is 14.1. The van der Waals surface area contributed by atoms with Crippen LogP contribution in [0.15, 0.2) is 69.6 Å². The molecule has 5 rings (SSSR count). The van der Waals surface area contributed by atoms with Crippen molar-refractivity contribution in [2.45, 2.75) is 39.8 Å². The molecule has 0 bridgehead atoms. The Morgan fingerprint density at radius 3 is 2.46 bits per heavy atom. The first-order valence-electron chi connectivity index (χ1n) is 12.1. The summed E-state index contributed by atoms with van der Waals surface area (Å²) in [4.78, 5) is 47.6. The molecule has 0 radical (unpaired) electrons. The number of hydrogen-bond donors (Lipinski definition) is 0. The monoisotopic (exact) mass is 517 g/mol. The number of nitrogens with zero attached hydrogens (tertiary/aromatic N) is 3. The van der Waals surface area contributed by atoms with E-state index in [0.717, 1.165) is 5.69 Å². The summed E-state index contributed by atoms with van der Waals surface area (Å²) in [6.45, 7) is 7.54. The van der Waals surface area contributed by atoms with Crippen molar-refractivity contribution in [3.05, 3.63) is 90.6 Å². The number of ether oxygens (including phenoxy) is 2. The van der Waals surface area contributed by atoms with Gasteiger partial charge in [0.05, 0.1) is 42.3 Å². The van der Waals surface area contributed by atoms with Gasteiger partial charge in [0.2, 0.25) is 0 Å². The highest BCUT2D eigenvalue weighted by atomic mass is 32.1. The average Bonchev–Trinajstić information content (AvgIpc) is 3.35. The first kappa shape index (κ1) is 24.7. The second kappa shape index (κ2) is 9.48. The smallest absolute Gasteiger partial charge is 0.338 e.